The van der Waals surface area contributed by atoms with Crippen molar-refractivity contribution in [2.24, 2.45) is 11.7 Å². The van der Waals surface area contributed by atoms with Gasteiger partial charge in [-0.1, -0.05) is 25.8 Å². The van der Waals surface area contributed by atoms with Gasteiger partial charge in [-0.3, -0.25) is 4.79 Å². The minimum Gasteiger partial charge on any atom is -0.319 e. The highest BCUT2D eigenvalue weighted by atomic mass is 32.1. The Balaban J connectivity index is 1.90. The van der Waals surface area contributed by atoms with Crippen molar-refractivity contribution < 1.29 is 4.79 Å². The summed E-state index contributed by atoms with van der Waals surface area (Å²) in [5, 5.41) is 2.06. The van der Waals surface area contributed by atoms with Gasteiger partial charge in [0.15, 0.2) is 5.78 Å². The molecule has 1 saturated carbocycles. The van der Waals surface area contributed by atoms with Crippen molar-refractivity contribution in [3.63, 3.8) is 0 Å². The predicted octanol–water partition coefficient (Wildman–Crippen LogP) is 3.16. The van der Waals surface area contributed by atoms with Crippen LogP contribution >= 0.6 is 11.3 Å². The Morgan fingerprint density at radius 2 is 2.47 bits per heavy atom. The normalized spacial score (nSPS) is 29.2. The van der Waals surface area contributed by atoms with E-state index in [9.17, 15) is 4.79 Å². The number of rotatable bonds is 4. The average molecular weight is 251 g/mol. The Labute approximate surface area is 107 Å². The van der Waals surface area contributed by atoms with Crippen molar-refractivity contribution in [2.45, 2.75) is 51.0 Å². The Hall–Kier alpha value is -0.670. The third-order valence-electron chi connectivity index (χ3n) is 3.77. The van der Waals surface area contributed by atoms with Crippen LogP contribution in [0.5, 0.6) is 0 Å². The van der Waals surface area contributed by atoms with Gasteiger partial charge in [0.25, 0.3) is 0 Å². The fourth-order valence-electron chi connectivity index (χ4n) is 2.79. The van der Waals surface area contributed by atoms with Crippen LogP contribution in [0.1, 0.15) is 43.9 Å². The van der Waals surface area contributed by atoms with Crippen LogP contribution in [0.4, 0.5) is 0 Å². The van der Waals surface area contributed by atoms with Gasteiger partial charge >= 0.3 is 0 Å². The minimum absolute atomic E-state index is 0.262. The number of thiophene rings is 1. The second-order valence-corrected chi connectivity index (χ2v) is 6.39. The predicted molar refractivity (Wildman–Crippen MR) is 72.2 cm³/mol. The van der Waals surface area contributed by atoms with E-state index in [0.717, 1.165) is 25.7 Å². The monoisotopic (exact) mass is 251 g/mol. The number of nitrogens with two attached hydrogens (primary N) is 1. The standard InChI is InChI=1S/C14H21NOS/c1-11-4-2-8-14(15,10-11)13(16)7-6-12-5-3-9-17-12/h3,5,9,11H,2,4,6-8,10,15H2,1H3. The summed E-state index contributed by atoms with van der Waals surface area (Å²) in [6, 6.07) is 4.12. The summed E-state index contributed by atoms with van der Waals surface area (Å²) >= 11 is 1.72. The summed E-state index contributed by atoms with van der Waals surface area (Å²) in [6.45, 7) is 2.20. The van der Waals surface area contributed by atoms with Crippen LogP contribution in [0.25, 0.3) is 0 Å². The van der Waals surface area contributed by atoms with E-state index in [1.807, 2.05) is 6.07 Å². The van der Waals surface area contributed by atoms with Crippen LogP contribution in [-0.2, 0) is 11.2 Å². The van der Waals surface area contributed by atoms with E-state index in [4.69, 9.17) is 5.73 Å². The van der Waals surface area contributed by atoms with Crippen LogP contribution in [0.2, 0.25) is 0 Å². The lowest BCUT2D eigenvalue weighted by Crippen LogP contribution is -2.51. The summed E-state index contributed by atoms with van der Waals surface area (Å²) < 4.78 is 0. The Kier molecular flexibility index (Phi) is 4.00. The van der Waals surface area contributed by atoms with E-state index in [1.165, 1.54) is 11.3 Å². The molecule has 0 spiro atoms. The maximum absolute atomic E-state index is 12.2. The third kappa shape index (κ3) is 3.17. The van der Waals surface area contributed by atoms with Crippen molar-refractivity contribution in [2.75, 3.05) is 0 Å². The third-order valence-corrected chi connectivity index (χ3v) is 4.70. The summed E-state index contributed by atoms with van der Waals surface area (Å²) in [7, 11) is 0. The molecule has 2 atom stereocenters. The first-order valence-electron chi connectivity index (χ1n) is 6.45. The number of carbonyl (C=O) groups excluding carboxylic acids is 1. The molecule has 0 radical (unpaired) electrons. The SMILES string of the molecule is CC1CCCC(N)(C(=O)CCc2cccs2)C1. The first-order chi connectivity index (χ1) is 8.10. The molecule has 1 aromatic rings. The van der Waals surface area contributed by atoms with Crippen LogP contribution in [0.15, 0.2) is 17.5 Å². The second kappa shape index (κ2) is 5.32. The first-order valence-corrected chi connectivity index (χ1v) is 7.33. The zero-order valence-corrected chi connectivity index (χ0v) is 11.3. The maximum Gasteiger partial charge on any atom is 0.153 e. The van der Waals surface area contributed by atoms with Gasteiger partial charge in [0.1, 0.15) is 0 Å². The molecule has 3 heteroatoms. The van der Waals surface area contributed by atoms with E-state index in [0.29, 0.717) is 12.3 Å². The molecule has 1 heterocycles. The second-order valence-electron chi connectivity index (χ2n) is 5.36. The molecule has 0 bridgehead atoms. The number of Topliss-reactive ketones (excluding diaryl/α,β-unsaturated/α-hetero) is 1. The maximum atomic E-state index is 12.2. The first kappa shape index (κ1) is 12.8. The molecule has 94 valence electrons. The lowest BCUT2D eigenvalue weighted by Gasteiger charge is -2.35. The van der Waals surface area contributed by atoms with Gasteiger partial charge in [0.05, 0.1) is 5.54 Å². The van der Waals surface area contributed by atoms with E-state index in [-0.39, 0.29) is 5.78 Å². The molecule has 2 unspecified atom stereocenters. The number of ketones is 1. The fraction of sp³-hybridized carbons (Fsp3) is 0.643. The molecule has 0 aliphatic heterocycles. The van der Waals surface area contributed by atoms with E-state index >= 15 is 0 Å². The molecule has 1 aliphatic carbocycles. The van der Waals surface area contributed by atoms with E-state index in [2.05, 4.69) is 18.4 Å². The molecule has 0 saturated heterocycles. The average Bonchev–Trinajstić information content (AvgIpc) is 2.78. The molecule has 2 nitrogen and oxygen atoms in total. The largest absolute Gasteiger partial charge is 0.319 e. The number of hydrogen-bond donors (Lipinski definition) is 1. The Bertz CT molecular complexity index is 374. The molecule has 0 amide bonds. The van der Waals surface area contributed by atoms with Crippen LogP contribution < -0.4 is 5.73 Å². The van der Waals surface area contributed by atoms with Crippen molar-refractivity contribution in [1.29, 1.82) is 0 Å². The zero-order chi connectivity index (χ0) is 12.3. The summed E-state index contributed by atoms with van der Waals surface area (Å²) in [5.41, 5.74) is 5.75. The van der Waals surface area contributed by atoms with Crippen molar-refractivity contribution in [3.05, 3.63) is 22.4 Å². The Morgan fingerprint density at radius 1 is 1.65 bits per heavy atom. The molecule has 2 rings (SSSR count). The molecular formula is C14H21NOS. The van der Waals surface area contributed by atoms with Gasteiger partial charge < -0.3 is 5.73 Å². The highest BCUT2D eigenvalue weighted by Crippen LogP contribution is 2.32. The van der Waals surface area contributed by atoms with Crippen LogP contribution in [0.3, 0.4) is 0 Å². The molecule has 0 aromatic carbocycles. The van der Waals surface area contributed by atoms with Crippen molar-refractivity contribution >= 4 is 17.1 Å². The number of aryl methyl sites for hydroxylation is 1. The van der Waals surface area contributed by atoms with Crippen molar-refractivity contribution in [3.8, 4) is 0 Å². The quantitative estimate of drug-likeness (QED) is 0.893. The molecule has 1 aliphatic rings. The van der Waals surface area contributed by atoms with Gasteiger partial charge in [-0.25, -0.2) is 0 Å². The molecule has 2 N–H and O–H groups in total. The molecule has 1 aromatic heterocycles. The van der Waals surface area contributed by atoms with E-state index in [1.54, 1.807) is 11.3 Å². The smallest absolute Gasteiger partial charge is 0.153 e. The van der Waals surface area contributed by atoms with Gasteiger partial charge in [-0.15, -0.1) is 11.3 Å². The van der Waals surface area contributed by atoms with Gasteiger partial charge in [0.2, 0.25) is 0 Å². The van der Waals surface area contributed by atoms with E-state index < -0.39 is 5.54 Å². The summed E-state index contributed by atoms with van der Waals surface area (Å²) in [4.78, 5) is 13.5. The van der Waals surface area contributed by atoms with Gasteiger partial charge in [-0.05, 0) is 36.6 Å². The molecular weight excluding hydrogens is 230 g/mol. The lowest BCUT2D eigenvalue weighted by molar-refractivity contribution is -0.125. The zero-order valence-electron chi connectivity index (χ0n) is 10.4. The van der Waals surface area contributed by atoms with Gasteiger partial charge in [0, 0.05) is 11.3 Å². The van der Waals surface area contributed by atoms with Crippen molar-refractivity contribution in [1.82, 2.24) is 0 Å². The number of hydrogen-bond acceptors (Lipinski definition) is 3. The highest BCUT2D eigenvalue weighted by Gasteiger charge is 2.36. The summed E-state index contributed by atoms with van der Waals surface area (Å²) in [6.07, 6.45) is 5.52. The highest BCUT2D eigenvalue weighted by molar-refractivity contribution is 7.09. The summed E-state index contributed by atoms with van der Waals surface area (Å²) in [5.74, 6) is 0.858. The minimum atomic E-state index is -0.533. The Morgan fingerprint density at radius 3 is 3.12 bits per heavy atom. The lowest BCUT2D eigenvalue weighted by atomic mass is 9.74. The fourth-order valence-corrected chi connectivity index (χ4v) is 3.49. The number of carbonyl (C=O) groups is 1. The van der Waals surface area contributed by atoms with Crippen LogP contribution in [0, 0.1) is 5.92 Å². The van der Waals surface area contributed by atoms with Gasteiger partial charge in [-0.2, -0.15) is 0 Å². The molecule has 1 fully saturated rings. The van der Waals surface area contributed by atoms with Crippen LogP contribution in [-0.4, -0.2) is 11.3 Å². The topological polar surface area (TPSA) is 43.1 Å². The molecule has 17 heavy (non-hydrogen) atoms.